The number of aromatic nitrogens is 1. The van der Waals surface area contributed by atoms with E-state index in [1.54, 1.807) is 0 Å². The Morgan fingerprint density at radius 2 is 2.15 bits per heavy atom. The maximum absolute atomic E-state index is 9.17. The number of ether oxygens (including phenoxy) is 1. The summed E-state index contributed by atoms with van der Waals surface area (Å²) < 4.78 is 5.64. The van der Waals surface area contributed by atoms with Crippen molar-refractivity contribution in [3.05, 3.63) is 35.9 Å². The third-order valence-corrected chi connectivity index (χ3v) is 2.92. The van der Waals surface area contributed by atoms with Crippen LogP contribution in [0.25, 0.3) is 10.9 Å². The first-order chi connectivity index (χ1) is 9.70. The van der Waals surface area contributed by atoms with Crippen LogP contribution in [0.15, 0.2) is 30.3 Å². The highest BCUT2D eigenvalue weighted by Gasteiger charge is 2.07. The Bertz CT molecular complexity index is 617. The normalized spacial score (nSPS) is 10.7. The van der Waals surface area contributed by atoms with Crippen LogP contribution in [0.4, 0.5) is 0 Å². The summed E-state index contributed by atoms with van der Waals surface area (Å²) >= 11 is 0. The van der Waals surface area contributed by atoms with Crippen LogP contribution in [-0.2, 0) is 0 Å². The zero-order valence-electron chi connectivity index (χ0n) is 11.9. The summed E-state index contributed by atoms with van der Waals surface area (Å²) in [5, 5.41) is 13.5. The van der Waals surface area contributed by atoms with E-state index in [4.69, 9.17) is 4.74 Å². The lowest BCUT2D eigenvalue weighted by atomic mass is 10.1. The van der Waals surface area contributed by atoms with Crippen LogP contribution in [0.3, 0.4) is 0 Å². The van der Waals surface area contributed by atoms with Gasteiger partial charge in [-0.25, -0.2) is 4.98 Å². The molecule has 0 aliphatic rings. The highest BCUT2D eigenvalue weighted by atomic mass is 16.5. The number of pyridine rings is 1. The van der Waals surface area contributed by atoms with Crippen LogP contribution in [0, 0.1) is 11.3 Å². The maximum atomic E-state index is 9.17. The van der Waals surface area contributed by atoms with Crippen molar-refractivity contribution >= 4 is 10.9 Å². The van der Waals surface area contributed by atoms with Crippen LogP contribution in [0.1, 0.15) is 25.8 Å². The minimum Gasteiger partial charge on any atom is -0.477 e. The molecule has 1 aromatic heterocycles. The van der Waals surface area contributed by atoms with Crippen LogP contribution >= 0.6 is 0 Å². The zero-order valence-corrected chi connectivity index (χ0v) is 11.9. The van der Waals surface area contributed by atoms with Gasteiger partial charge in [-0.3, -0.25) is 0 Å². The van der Waals surface area contributed by atoms with Crippen LogP contribution in [-0.4, -0.2) is 24.2 Å². The number of hydrogen-bond acceptors (Lipinski definition) is 4. The van der Waals surface area contributed by atoms with Crippen molar-refractivity contribution in [3.8, 4) is 11.9 Å². The lowest BCUT2D eigenvalue weighted by molar-refractivity contribution is 0.295. The van der Waals surface area contributed by atoms with Gasteiger partial charge < -0.3 is 10.1 Å². The second-order valence-corrected chi connectivity index (χ2v) is 4.96. The van der Waals surface area contributed by atoms with Gasteiger partial charge in [-0.2, -0.15) is 5.26 Å². The smallest absolute Gasteiger partial charge is 0.232 e. The fourth-order valence-corrected chi connectivity index (χ4v) is 1.92. The van der Waals surface area contributed by atoms with E-state index >= 15 is 0 Å². The van der Waals surface area contributed by atoms with Gasteiger partial charge in [0.2, 0.25) is 5.88 Å². The average Bonchev–Trinajstić information content (AvgIpc) is 2.45. The Labute approximate surface area is 119 Å². The first-order valence-corrected chi connectivity index (χ1v) is 6.87. The topological polar surface area (TPSA) is 57.9 Å². The summed E-state index contributed by atoms with van der Waals surface area (Å²) in [4.78, 5) is 4.41. The first-order valence-electron chi connectivity index (χ1n) is 6.87. The van der Waals surface area contributed by atoms with E-state index < -0.39 is 0 Å². The fourth-order valence-electron chi connectivity index (χ4n) is 1.92. The molecule has 0 fully saturated rings. The predicted octanol–water partition coefficient (Wildman–Crippen LogP) is 2.87. The number of hydrogen-bond donors (Lipinski definition) is 1. The van der Waals surface area contributed by atoms with Crippen molar-refractivity contribution in [2.45, 2.75) is 26.3 Å². The Hall–Kier alpha value is -2.12. The number of nitriles is 1. The lowest BCUT2D eigenvalue weighted by Gasteiger charge is -2.10. The third kappa shape index (κ3) is 3.69. The molecule has 0 spiro atoms. The van der Waals surface area contributed by atoms with Gasteiger partial charge in [0, 0.05) is 11.4 Å². The van der Waals surface area contributed by atoms with Gasteiger partial charge in [-0.1, -0.05) is 32.0 Å². The van der Waals surface area contributed by atoms with Gasteiger partial charge in [0.25, 0.3) is 0 Å². The Morgan fingerprint density at radius 1 is 1.35 bits per heavy atom. The molecule has 1 aromatic carbocycles. The molecule has 20 heavy (non-hydrogen) atoms. The molecule has 0 saturated carbocycles. The van der Waals surface area contributed by atoms with Gasteiger partial charge >= 0.3 is 0 Å². The largest absolute Gasteiger partial charge is 0.477 e. The molecule has 104 valence electrons. The first kappa shape index (κ1) is 14.3. The molecular formula is C16H19N3O. The van der Waals surface area contributed by atoms with Crippen LogP contribution < -0.4 is 10.1 Å². The molecule has 0 radical (unpaired) electrons. The van der Waals surface area contributed by atoms with Gasteiger partial charge in [-0.15, -0.1) is 0 Å². The monoisotopic (exact) mass is 269 g/mol. The summed E-state index contributed by atoms with van der Waals surface area (Å²) in [6.45, 7) is 5.67. The fraction of sp³-hybridized carbons (Fsp3) is 0.375. The van der Waals surface area contributed by atoms with E-state index in [-0.39, 0.29) is 0 Å². The molecule has 1 heterocycles. The number of benzene rings is 1. The quantitative estimate of drug-likeness (QED) is 0.819. The highest BCUT2D eigenvalue weighted by Crippen LogP contribution is 2.21. The van der Waals surface area contributed by atoms with Crippen LogP contribution in [0.2, 0.25) is 0 Å². The SMILES string of the molecule is CC(C)NCCCOc1nc2ccccc2cc1C#N. The van der Waals surface area contributed by atoms with E-state index in [1.165, 1.54) is 0 Å². The van der Waals surface area contributed by atoms with Gasteiger partial charge in [0.05, 0.1) is 12.1 Å². The molecule has 4 heteroatoms. The molecule has 4 nitrogen and oxygen atoms in total. The summed E-state index contributed by atoms with van der Waals surface area (Å²) in [5.74, 6) is 0.427. The van der Waals surface area contributed by atoms with E-state index in [2.05, 4.69) is 30.2 Å². The Kier molecular flexibility index (Phi) is 4.91. The summed E-state index contributed by atoms with van der Waals surface area (Å²) in [6, 6.07) is 12.2. The molecule has 2 rings (SSSR count). The molecule has 0 bridgehead atoms. The van der Waals surface area contributed by atoms with Gasteiger partial charge in [-0.05, 0) is 25.1 Å². The minimum atomic E-state index is 0.427. The molecular weight excluding hydrogens is 250 g/mol. The maximum Gasteiger partial charge on any atom is 0.232 e. The molecule has 0 atom stereocenters. The lowest BCUT2D eigenvalue weighted by Crippen LogP contribution is -2.24. The second-order valence-electron chi connectivity index (χ2n) is 4.96. The number of nitrogens with one attached hydrogen (secondary N) is 1. The zero-order chi connectivity index (χ0) is 14.4. The van der Waals surface area contributed by atoms with Crippen molar-refractivity contribution in [3.63, 3.8) is 0 Å². The Morgan fingerprint density at radius 3 is 2.90 bits per heavy atom. The van der Waals surface area contributed by atoms with Gasteiger partial charge in [0.1, 0.15) is 11.6 Å². The number of fused-ring (bicyclic) bond motifs is 1. The van der Waals surface area contributed by atoms with E-state index in [0.29, 0.717) is 24.1 Å². The second kappa shape index (κ2) is 6.88. The molecule has 0 amide bonds. The van der Waals surface area contributed by atoms with Crippen molar-refractivity contribution in [2.24, 2.45) is 0 Å². The third-order valence-electron chi connectivity index (χ3n) is 2.92. The molecule has 0 aliphatic heterocycles. The summed E-state index contributed by atoms with van der Waals surface area (Å²) in [5.41, 5.74) is 1.34. The molecule has 2 aromatic rings. The number of nitrogens with zero attached hydrogens (tertiary/aromatic N) is 2. The van der Waals surface area contributed by atoms with Gasteiger partial charge in [0.15, 0.2) is 0 Å². The van der Waals surface area contributed by atoms with E-state index in [9.17, 15) is 5.26 Å². The summed E-state index contributed by atoms with van der Waals surface area (Å²) in [7, 11) is 0. The van der Waals surface area contributed by atoms with Crippen molar-refractivity contribution < 1.29 is 4.74 Å². The standard InChI is InChI=1S/C16H19N3O/c1-12(2)18-8-5-9-20-16-14(11-17)10-13-6-3-4-7-15(13)19-16/h3-4,6-7,10,12,18H,5,8-9H2,1-2H3. The van der Waals surface area contributed by atoms with Crippen molar-refractivity contribution in [1.82, 2.24) is 10.3 Å². The average molecular weight is 269 g/mol. The molecule has 1 N–H and O–H groups in total. The van der Waals surface area contributed by atoms with Crippen molar-refractivity contribution in [1.29, 1.82) is 5.26 Å². The highest BCUT2D eigenvalue weighted by molar-refractivity contribution is 5.80. The molecule has 0 aliphatic carbocycles. The number of para-hydroxylation sites is 1. The van der Waals surface area contributed by atoms with E-state index in [1.807, 2.05) is 30.3 Å². The van der Waals surface area contributed by atoms with E-state index in [0.717, 1.165) is 23.9 Å². The molecule has 0 unspecified atom stereocenters. The molecule has 0 saturated heterocycles. The number of rotatable bonds is 6. The van der Waals surface area contributed by atoms with Crippen molar-refractivity contribution in [2.75, 3.05) is 13.2 Å². The Balaban J connectivity index is 2.03. The predicted molar refractivity (Wildman–Crippen MR) is 79.7 cm³/mol. The minimum absolute atomic E-state index is 0.427. The van der Waals surface area contributed by atoms with Crippen LogP contribution in [0.5, 0.6) is 5.88 Å². The summed E-state index contributed by atoms with van der Waals surface area (Å²) in [6.07, 6.45) is 0.886.